The smallest absolute Gasteiger partial charge is 0.150 e. The van der Waals surface area contributed by atoms with E-state index >= 15 is 0 Å². The quantitative estimate of drug-likeness (QED) is 0.845. The minimum absolute atomic E-state index is 0.397. The molecule has 4 heteroatoms. The summed E-state index contributed by atoms with van der Waals surface area (Å²) in [6.07, 6.45) is 7.27. The van der Waals surface area contributed by atoms with Crippen molar-refractivity contribution in [2.24, 2.45) is 17.8 Å². The van der Waals surface area contributed by atoms with Crippen LogP contribution >= 0.6 is 0 Å². The second-order valence-electron chi connectivity index (χ2n) is 6.69. The molecule has 0 amide bonds. The zero-order valence-electron chi connectivity index (χ0n) is 12.4. The van der Waals surface area contributed by atoms with Gasteiger partial charge in [0, 0.05) is 6.04 Å². The fourth-order valence-electron chi connectivity index (χ4n) is 3.81. The molecule has 2 atom stereocenters. The standard InChI is InChI=1S/C15H29NO2S/c1-3-16-15(14-6-4-12(2)5-7-14)10-13-8-9-19(17,18)11-13/h12-16H,3-11H2,1-2H3. The van der Waals surface area contributed by atoms with E-state index in [1.165, 1.54) is 25.7 Å². The third-order valence-electron chi connectivity index (χ3n) is 5.01. The minimum Gasteiger partial charge on any atom is -0.314 e. The molecule has 0 aromatic carbocycles. The van der Waals surface area contributed by atoms with Crippen molar-refractivity contribution in [3.63, 3.8) is 0 Å². The van der Waals surface area contributed by atoms with Gasteiger partial charge in [0.25, 0.3) is 0 Å². The Labute approximate surface area is 118 Å². The number of sulfone groups is 1. The second-order valence-corrected chi connectivity index (χ2v) is 8.92. The number of hydrogen-bond acceptors (Lipinski definition) is 3. The van der Waals surface area contributed by atoms with Crippen molar-refractivity contribution in [2.75, 3.05) is 18.1 Å². The first-order valence-electron chi connectivity index (χ1n) is 7.94. The maximum atomic E-state index is 11.6. The predicted octanol–water partition coefficient (Wildman–Crippen LogP) is 2.62. The lowest BCUT2D eigenvalue weighted by atomic mass is 9.77. The fourth-order valence-corrected chi connectivity index (χ4v) is 5.69. The molecule has 0 radical (unpaired) electrons. The molecule has 1 heterocycles. The molecule has 19 heavy (non-hydrogen) atoms. The summed E-state index contributed by atoms with van der Waals surface area (Å²) in [5, 5.41) is 3.63. The predicted molar refractivity (Wildman–Crippen MR) is 80.0 cm³/mol. The van der Waals surface area contributed by atoms with E-state index in [0.717, 1.165) is 31.2 Å². The summed E-state index contributed by atoms with van der Waals surface area (Å²) in [5.74, 6) is 2.88. The van der Waals surface area contributed by atoms with E-state index < -0.39 is 9.84 Å². The van der Waals surface area contributed by atoms with Gasteiger partial charge >= 0.3 is 0 Å². The first-order chi connectivity index (χ1) is 9.00. The monoisotopic (exact) mass is 287 g/mol. The van der Waals surface area contributed by atoms with E-state index in [2.05, 4.69) is 19.2 Å². The maximum absolute atomic E-state index is 11.6. The van der Waals surface area contributed by atoms with Gasteiger partial charge in [0.05, 0.1) is 11.5 Å². The molecule has 3 nitrogen and oxygen atoms in total. The minimum atomic E-state index is -2.72. The highest BCUT2D eigenvalue weighted by atomic mass is 32.2. The Kier molecular flexibility index (Phi) is 5.29. The molecule has 1 aliphatic heterocycles. The molecule has 0 aromatic rings. The summed E-state index contributed by atoms with van der Waals surface area (Å²) in [5.41, 5.74) is 0. The van der Waals surface area contributed by atoms with Crippen molar-refractivity contribution in [1.82, 2.24) is 5.32 Å². The van der Waals surface area contributed by atoms with E-state index in [0.29, 0.717) is 23.5 Å². The number of hydrogen-bond donors (Lipinski definition) is 1. The Bertz CT molecular complexity index is 372. The van der Waals surface area contributed by atoms with Crippen LogP contribution in [0.15, 0.2) is 0 Å². The summed E-state index contributed by atoms with van der Waals surface area (Å²) in [6, 6.07) is 0.538. The van der Waals surface area contributed by atoms with E-state index in [-0.39, 0.29) is 0 Å². The van der Waals surface area contributed by atoms with Gasteiger partial charge in [-0.3, -0.25) is 0 Å². The largest absolute Gasteiger partial charge is 0.314 e. The van der Waals surface area contributed by atoms with Crippen LogP contribution in [-0.4, -0.2) is 32.5 Å². The topological polar surface area (TPSA) is 46.2 Å². The Hall–Kier alpha value is -0.0900. The molecule has 0 bridgehead atoms. The third-order valence-corrected chi connectivity index (χ3v) is 6.85. The molecule has 2 fully saturated rings. The average molecular weight is 287 g/mol. The highest BCUT2D eigenvalue weighted by molar-refractivity contribution is 7.91. The van der Waals surface area contributed by atoms with Gasteiger partial charge in [0.15, 0.2) is 9.84 Å². The van der Waals surface area contributed by atoms with Gasteiger partial charge in [-0.1, -0.05) is 26.7 Å². The first kappa shape index (κ1) is 15.3. The zero-order chi connectivity index (χ0) is 13.9. The molecule has 1 N–H and O–H groups in total. The lowest BCUT2D eigenvalue weighted by molar-refractivity contribution is 0.211. The van der Waals surface area contributed by atoms with E-state index in [1.54, 1.807) is 0 Å². The Morgan fingerprint density at radius 3 is 2.37 bits per heavy atom. The summed E-state index contributed by atoms with van der Waals surface area (Å²) in [4.78, 5) is 0. The van der Waals surface area contributed by atoms with E-state index in [4.69, 9.17) is 0 Å². The Morgan fingerprint density at radius 2 is 1.84 bits per heavy atom. The van der Waals surface area contributed by atoms with Crippen LogP contribution in [0.25, 0.3) is 0 Å². The average Bonchev–Trinajstić information content (AvgIpc) is 2.69. The lowest BCUT2D eigenvalue weighted by Gasteiger charge is -2.34. The van der Waals surface area contributed by atoms with Crippen molar-refractivity contribution < 1.29 is 8.42 Å². The van der Waals surface area contributed by atoms with Crippen LogP contribution in [0.2, 0.25) is 0 Å². The van der Waals surface area contributed by atoms with Gasteiger partial charge in [-0.05, 0) is 50.0 Å². The Balaban J connectivity index is 1.89. The van der Waals surface area contributed by atoms with Crippen molar-refractivity contribution in [2.45, 2.75) is 58.4 Å². The molecule has 2 aliphatic rings. The van der Waals surface area contributed by atoms with Crippen molar-refractivity contribution >= 4 is 9.84 Å². The van der Waals surface area contributed by atoms with Crippen LogP contribution < -0.4 is 5.32 Å². The molecular weight excluding hydrogens is 258 g/mol. The Morgan fingerprint density at radius 1 is 1.16 bits per heavy atom. The molecular formula is C15H29NO2S. The summed E-state index contributed by atoms with van der Waals surface area (Å²) >= 11 is 0. The van der Waals surface area contributed by atoms with Gasteiger partial charge < -0.3 is 5.32 Å². The first-order valence-corrected chi connectivity index (χ1v) is 9.76. The molecule has 2 unspecified atom stereocenters. The highest BCUT2D eigenvalue weighted by Gasteiger charge is 2.33. The van der Waals surface area contributed by atoms with Crippen molar-refractivity contribution in [1.29, 1.82) is 0 Å². The summed E-state index contributed by atoms with van der Waals surface area (Å²) in [6.45, 7) is 5.50. The lowest BCUT2D eigenvalue weighted by Crippen LogP contribution is -2.39. The fraction of sp³-hybridized carbons (Fsp3) is 1.00. The molecule has 1 saturated carbocycles. The van der Waals surface area contributed by atoms with Crippen LogP contribution in [-0.2, 0) is 9.84 Å². The molecule has 112 valence electrons. The molecule has 1 aliphatic carbocycles. The maximum Gasteiger partial charge on any atom is 0.150 e. The molecule has 0 spiro atoms. The van der Waals surface area contributed by atoms with Crippen LogP contribution in [0.1, 0.15) is 52.4 Å². The van der Waals surface area contributed by atoms with Crippen LogP contribution in [0.4, 0.5) is 0 Å². The van der Waals surface area contributed by atoms with Crippen LogP contribution in [0.3, 0.4) is 0 Å². The van der Waals surface area contributed by atoms with Gasteiger partial charge in [-0.15, -0.1) is 0 Å². The van der Waals surface area contributed by atoms with E-state index in [9.17, 15) is 8.42 Å². The highest BCUT2D eigenvalue weighted by Crippen LogP contribution is 2.34. The van der Waals surface area contributed by atoms with Gasteiger partial charge in [-0.25, -0.2) is 8.42 Å². The number of nitrogens with one attached hydrogen (secondary N) is 1. The van der Waals surface area contributed by atoms with Crippen molar-refractivity contribution in [3.8, 4) is 0 Å². The summed E-state index contributed by atoms with van der Waals surface area (Å²) < 4.78 is 23.2. The van der Waals surface area contributed by atoms with Gasteiger partial charge in [0.1, 0.15) is 0 Å². The van der Waals surface area contributed by atoms with E-state index in [1.807, 2.05) is 0 Å². The zero-order valence-corrected chi connectivity index (χ0v) is 13.2. The normalized spacial score (nSPS) is 36.2. The molecule has 1 saturated heterocycles. The SMILES string of the molecule is CCNC(CC1CCS(=O)(=O)C1)C1CCC(C)CC1. The van der Waals surface area contributed by atoms with Crippen molar-refractivity contribution in [3.05, 3.63) is 0 Å². The third kappa shape index (κ3) is 4.45. The molecule has 2 rings (SSSR count). The number of rotatable bonds is 5. The second kappa shape index (κ2) is 6.57. The summed E-state index contributed by atoms with van der Waals surface area (Å²) in [7, 11) is -2.72. The molecule has 0 aromatic heterocycles. The van der Waals surface area contributed by atoms with Gasteiger partial charge in [-0.2, -0.15) is 0 Å². The van der Waals surface area contributed by atoms with Crippen LogP contribution in [0, 0.1) is 17.8 Å². The van der Waals surface area contributed by atoms with Crippen LogP contribution in [0.5, 0.6) is 0 Å². The van der Waals surface area contributed by atoms with Gasteiger partial charge in [0.2, 0.25) is 0 Å².